The van der Waals surface area contributed by atoms with Crippen molar-refractivity contribution in [2.75, 3.05) is 29.8 Å². The van der Waals surface area contributed by atoms with E-state index in [1.807, 2.05) is 25.1 Å². The number of hydrogen-bond donors (Lipinski definition) is 0. The van der Waals surface area contributed by atoms with Crippen molar-refractivity contribution >= 4 is 27.5 Å². The first-order valence-corrected chi connectivity index (χ1v) is 12.3. The van der Waals surface area contributed by atoms with Crippen molar-refractivity contribution < 1.29 is 27.5 Å². The summed E-state index contributed by atoms with van der Waals surface area (Å²) in [5, 5.41) is 0. The van der Waals surface area contributed by atoms with Gasteiger partial charge in [0.05, 0.1) is 11.4 Å². The second kappa shape index (κ2) is 9.73. The summed E-state index contributed by atoms with van der Waals surface area (Å²) in [6.07, 6.45) is 0.540. The van der Waals surface area contributed by atoms with Gasteiger partial charge in [0.1, 0.15) is 5.75 Å². The van der Waals surface area contributed by atoms with Gasteiger partial charge in [-0.05, 0) is 73.2 Å². The molecule has 172 valence electrons. The van der Waals surface area contributed by atoms with E-state index in [2.05, 4.69) is 13.8 Å². The first-order valence-electron chi connectivity index (χ1n) is 10.7. The fourth-order valence-electron chi connectivity index (χ4n) is 3.79. The molecule has 7 nitrogen and oxygen atoms in total. The smallest absolute Gasteiger partial charge is 0.344 e. The van der Waals surface area contributed by atoms with Crippen LogP contribution in [-0.2, 0) is 26.0 Å². The van der Waals surface area contributed by atoms with Crippen LogP contribution in [0.15, 0.2) is 36.4 Å². The number of fused-ring (bicyclic) bond motifs is 1. The summed E-state index contributed by atoms with van der Waals surface area (Å²) in [5.74, 6) is 0.00574. The zero-order valence-electron chi connectivity index (χ0n) is 18.9. The van der Waals surface area contributed by atoms with Crippen LogP contribution in [0, 0.1) is 6.92 Å². The van der Waals surface area contributed by atoms with Crippen molar-refractivity contribution in [3.8, 4) is 5.75 Å². The van der Waals surface area contributed by atoms with E-state index in [0.717, 1.165) is 11.1 Å². The number of hydrogen-bond acceptors (Lipinski definition) is 6. The van der Waals surface area contributed by atoms with Crippen LogP contribution in [0.5, 0.6) is 5.75 Å². The van der Waals surface area contributed by atoms with Gasteiger partial charge in [-0.15, -0.1) is 0 Å². The predicted molar refractivity (Wildman–Crippen MR) is 123 cm³/mol. The van der Waals surface area contributed by atoms with Gasteiger partial charge < -0.3 is 9.47 Å². The Morgan fingerprint density at radius 2 is 1.84 bits per heavy atom. The highest BCUT2D eigenvalue weighted by Crippen LogP contribution is 2.31. The molecule has 0 aliphatic carbocycles. The van der Waals surface area contributed by atoms with Crippen molar-refractivity contribution in [3.63, 3.8) is 0 Å². The molecule has 2 aromatic carbocycles. The number of aryl methyl sites for hydroxylation is 1. The third kappa shape index (κ3) is 5.30. The zero-order valence-corrected chi connectivity index (χ0v) is 19.7. The molecule has 2 aromatic rings. The molecule has 32 heavy (non-hydrogen) atoms. The number of carbonyl (C=O) groups is 2. The number of esters is 1. The molecular weight excluding hydrogens is 430 g/mol. The van der Waals surface area contributed by atoms with Crippen LogP contribution < -0.4 is 9.04 Å². The largest absolute Gasteiger partial charge is 0.482 e. The van der Waals surface area contributed by atoms with E-state index >= 15 is 0 Å². The average molecular weight is 460 g/mol. The Bertz CT molecular complexity index is 1120. The maximum atomic E-state index is 12.5. The molecule has 0 saturated carbocycles. The first kappa shape index (κ1) is 23.8. The predicted octanol–water partition coefficient (Wildman–Crippen LogP) is 3.64. The van der Waals surface area contributed by atoms with Gasteiger partial charge >= 0.3 is 5.97 Å². The second-order valence-electron chi connectivity index (χ2n) is 8.11. The zero-order chi connectivity index (χ0) is 23.5. The van der Waals surface area contributed by atoms with E-state index in [-0.39, 0.29) is 18.1 Å². The number of nitrogens with zero attached hydrogens (tertiary/aromatic N) is 1. The van der Waals surface area contributed by atoms with Crippen LogP contribution >= 0.6 is 0 Å². The molecule has 0 unspecified atom stereocenters. The fourth-order valence-corrected chi connectivity index (χ4v) is 4.95. The van der Waals surface area contributed by atoms with Crippen molar-refractivity contribution in [1.82, 2.24) is 0 Å². The fraction of sp³-hybridized carbons (Fsp3) is 0.417. The maximum absolute atomic E-state index is 12.5. The Balaban J connectivity index is 1.54. The molecule has 0 radical (unpaired) electrons. The highest BCUT2D eigenvalue weighted by atomic mass is 32.2. The summed E-state index contributed by atoms with van der Waals surface area (Å²) < 4.78 is 36.3. The van der Waals surface area contributed by atoms with Gasteiger partial charge in [0.25, 0.3) is 0 Å². The Morgan fingerprint density at radius 3 is 2.50 bits per heavy atom. The minimum atomic E-state index is -3.34. The molecule has 3 rings (SSSR count). The maximum Gasteiger partial charge on any atom is 0.344 e. The van der Waals surface area contributed by atoms with Crippen LogP contribution in [-0.4, -0.2) is 45.7 Å². The summed E-state index contributed by atoms with van der Waals surface area (Å²) in [5.41, 5.74) is 4.08. The lowest BCUT2D eigenvalue weighted by Gasteiger charge is -2.18. The number of sulfonamides is 1. The molecule has 0 spiro atoms. The van der Waals surface area contributed by atoms with Gasteiger partial charge in [-0.25, -0.2) is 13.2 Å². The van der Waals surface area contributed by atoms with E-state index < -0.39 is 22.6 Å². The van der Waals surface area contributed by atoms with Gasteiger partial charge in [0.15, 0.2) is 19.0 Å². The van der Waals surface area contributed by atoms with Crippen molar-refractivity contribution in [2.24, 2.45) is 0 Å². The van der Waals surface area contributed by atoms with Gasteiger partial charge in [-0.2, -0.15) is 0 Å². The SMILES string of the molecule is CCS(=O)(=O)N1CCc2cc(C(=O)COC(=O)COc3ccc(C(C)C)c(C)c3)ccc21. The van der Waals surface area contributed by atoms with E-state index in [1.165, 1.54) is 9.87 Å². The quantitative estimate of drug-likeness (QED) is 0.420. The Morgan fingerprint density at radius 1 is 1.09 bits per heavy atom. The first-order chi connectivity index (χ1) is 15.1. The summed E-state index contributed by atoms with van der Waals surface area (Å²) in [7, 11) is -3.34. The molecule has 0 bridgehead atoms. The lowest BCUT2D eigenvalue weighted by Crippen LogP contribution is -2.30. The number of Topliss-reactive ketones (excluding diaryl/α,β-unsaturated/α-hetero) is 1. The topological polar surface area (TPSA) is 90.0 Å². The molecule has 0 aromatic heterocycles. The Labute approximate surface area is 189 Å². The Kier molecular flexibility index (Phi) is 7.23. The summed E-state index contributed by atoms with van der Waals surface area (Å²) in [4.78, 5) is 24.5. The number of benzene rings is 2. The van der Waals surface area contributed by atoms with Gasteiger partial charge in [0, 0.05) is 12.1 Å². The lowest BCUT2D eigenvalue weighted by molar-refractivity contribution is -0.144. The monoisotopic (exact) mass is 459 g/mol. The molecule has 0 atom stereocenters. The molecule has 0 amide bonds. The minimum Gasteiger partial charge on any atom is -0.482 e. The highest BCUT2D eigenvalue weighted by Gasteiger charge is 2.28. The minimum absolute atomic E-state index is 0.0204. The number of ether oxygens (including phenoxy) is 2. The van der Waals surface area contributed by atoms with E-state index in [4.69, 9.17) is 9.47 Å². The van der Waals surface area contributed by atoms with Crippen LogP contribution in [0.2, 0.25) is 0 Å². The molecule has 1 aliphatic rings. The number of carbonyl (C=O) groups excluding carboxylic acids is 2. The molecule has 0 fully saturated rings. The second-order valence-corrected chi connectivity index (χ2v) is 10.3. The molecule has 0 N–H and O–H groups in total. The molecule has 8 heteroatoms. The normalized spacial score (nSPS) is 13.2. The molecule has 0 saturated heterocycles. The van der Waals surface area contributed by atoms with Crippen LogP contribution in [0.1, 0.15) is 53.7 Å². The van der Waals surface area contributed by atoms with Crippen LogP contribution in [0.3, 0.4) is 0 Å². The van der Waals surface area contributed by atoms with E-state index in [0.29, 0.717) is 35.9 Å². The summed E-state index contributed by atoms with van der Waals surface area (Å²) >= 11 is 0. The van der Waals surface area contributed by atoms with Crippen molar-refractivity contribution in [1.29, 1.82) is 0 Å². The third-order valence-corrected chi connectivity index (χ3v) is 7.32. The van der Waals surface area contributed by atoms with Gasteiger partial charge in [-0.3, -0.25) is 9.10 Å². The standard InChI is InChI=1S/C24H29NO6S/c1-5-32(28,29)25-11-10-18-13-19(6-9-22(18)25)23(26)14-31-24(27)15-30-20-7-8-21(16(2)3)17(4)12-20/h6-9,12-13,16H,5,10-11,14-15H2,1-4H3. The van der Waals surface area contributed by atoms with E-state index in [1.54, 1.807) is 25.1 Å². The van der Waals surface area contributed by atoms with Gasteiger partial charge in [-0.1, -0.05) is 19.9 Å². The Hall–Kier alpha value is -2.87. The summed E-state index contributed by atoms with van der Waals surface area (Å²) in [6, 6.07) is 10.5. The molecule has 1 heterocycles. The van der Waals surface area contributed by atoms with Crippen LogP contribution in [0.25, 0.3) is 0 Å². The number of anilines is 1. The number of ketones is 1. The lowest BCUT2D eigenvalue weighted by atomic mass is 9.98. The van der Waals surface area contributed by atoms with Crippen molar-refractivity contribution in [3.05, 3.63) is 58.7 Å². The van der Waals surface area contributed by atoms with E-state index in [9.17, 15) is 18.0 Å². The number of rotatable bonds is 9. The average Bonchev–Trinajstić information content (AvgIpc) is 3.20. The molecular formula is C24H29NO6S. The summed E-state index contributed by atoms with van der Waals surface area (Å²) in [6.45, 7) is 7.50. The van der Waals surface area contributed by atoms with Crippen LogP contribution in [0.4, 0.5) is 5.69 Å². The molecule has 1 aliphatic heterocycles. The third-order valence-electron chi connectivity index (χ3n) is 5.54. The van der Waals surface area contributed by atoms with Crippen molar-refractivity contribution in [2.45, 2.75) is 40.0 Å². The highest BCUT2D eigenvalue weighted by molar-refractivity contribution is 7.92. The van der Waals surface area contributed by atoms with Gasteiger partial charge in [0.2, 0.25) is 10.0 Å².